The van der Waals surface area contributed by atoms with Crippen molar-refractivity contribution in [1.82, 2.24) is 15.0 Å². The van der Waals surface area contributed by atoms with Crippen molar-refractivity contribution in [2.24, 2.45) is 0 Å². The molecule has 0 bridgehead atoms. The van der Waals surface area contributed by atoms with E-state index in [4.69, 9.17) is 5.73 Å². The molecule has 0 aliphatic heterocycles. The van der Waals surface area contributed by atoms with Crippen LogP contribution in [0.15, 0.2) is 0 Å². The van der Waals surface area contributed by atoms with Crippen LogP contribution in [0.4, 0.5) is 11.9 Å². The van der Waals surface area contributed by atoms with Crippen LogP contribution in [-0.2, 0) is 0 Å². The number of nitrogen functional groups attached to an aromatic ring is 1. The van der Waals surface area contributed by atoms with Crippen LogP contribution in [0.3, 0.4) is 0 Å². The van der Waals surface area contributed by atoms with E-state index in [1.165, 1.54) is 0 Å². The summed E-state index contributed by atoms with van der Waals surface area (Å²) >= 11 is 1.83. The van der Waals surface area contributed by atoms with Gasteiger partial charge in [-0.3, -0.25) is 0 Å². The largest absolute Gasteiger partial charge is 0.368 e. The second kappa shape index (κ2) is 6.78. The Labute approximate surface area is 114 Å². The minimum absolute atomic E-state index is 0.253. The standard InChI is InChI=1S/C12H23N5S/c1-6-9(7-18-5)17(4)12-15-10(8(2)3)14-11(13)16-12/h8-9H,6-7H2,1-5H3,(H2,13,14,15,16). The summed E-state index contributed by atoms with van der Waals surface area (Å²) < 4.78 is 0. The first kappa shape index (κ1) is 15.0. The first-order chi connectivity index (χ1) is 8.49. The molecular formula is C12H23N5S. The summed E-state index contributed by atoms with van der Waals surface area (Å²) in [5.74, 6) is 3.03. The average molecular weight is 269 g/mol. The van der Waals surface area contributed by atoms with E-state index >= 15 is 0 Å². The monoisotopic (exact) mass is 269 g/mol. The Balaban J connectivity index is 3.00. The molecule has 0 saturated heterocycles. The van der Waals surface area contributed by atoms with E-state index in [0.717, 1.165) is 18.0 Å². The molecule has 0 aliphatic rings. The summed E-state index contributed by atoms with van der Waals surface area (Å²) in [4.78, 5) is 15.0. The molecule has 0 spiro atoms. The Morgan fingerprint density at radius 2 is 1.94 bits per heavy atom. The zero-order chi connectivity index (χ0) is 13.7. The number of nitrogens with two attached hydrogens (primary N) is 1. The summed E-state index contributed by atoms with van der Waals surface area (Å²) in [6.07, 6.45) is 3.16. The molecule has 18 heavy (non-hydrogen) atoms. The summed E-state index contributed by atoms with van der Waals surface area (Å²) in [6.45, 7) is 6.28. The second-order valence-corrected chi connectivity index (χ2v) is 5.55. The first-order valence-electron chi connectivity index (χ1n) is 6.22. The van der Waals surface area contributed by atoms with E-state index in [0.29, 0.717) is 17.9 Å². The van der Waals surface area contributed by atoms with Gasteiger partial charge in [0.25, 0.3) is 0 Å². The maximum Gasteiger partial charge on any atom is 0.230 e. The normalized spacial score (nSPS) is 12.8. The summed E-state index contributed by atoms with van der Waals surface area (Å²) in [6, 6.07) is 0.418. The third kappa shape index (κ3) is 3.73. The summed E-state index contributed by atoms with van der Waals surface area (Å²) in [5, 5.41) is 0. The Bertz CT molecular complexity index is 383. The van der Waals surface area contributed by atoms with Gasteiger partial charge >= 0.3 is 0 Å². The van der Waals surface area contributed by atoms with Crippen LogP contribution in [0.2, 0.25) is 0 Å². The van der Waals surface area contributed by atoms with Gasteiger partial charge in [-0.25, -0.2) is 0 Å². The molecule has 102 valence electrons. The molecule has 1 unspecified atom stereocenters. The van der Waals surface area contributed by atoms with Gasteiger partial charge < -0.3 is 10.6 Å². The number of aromatic nitrogens is 3. The SMILES string of the molecule is CCC(CSC)N(C)c1nc(N)nc(C(C)C)n1. The molecular weight excluding hydrogens is 246 g/mol. The number of hydrogen-bond acceptors (Lipinski definition) is 6. The van der Waals surface area contributed by atoms with Crippen molar-refractivity contribution in [3.05, 3.63) is 5.82 Å². The zero-order valence-corrected chi connectivity index (χ0v) is 12.7. The fourth-order valence-electron chi connectivity index (χ4n) is 1.67. The fraction of sp³-hybridized carbons (Fsp3) is 0.750. The van der Waals surface area contributed by atoms with Crippen LogP contribution in [0.25, 0.3) is 0 Å². The average Bonchev–Trinajstić information content (AvgIpc) is 2.34. The zero-order valence-electron chi connectivity index (χ0n) is 11.8. The van der Waals surface area contributed by atoms with E-state index in [9.17, 15) is 0 Å². The van der Waals surface area contributed by atoms with E-state index in [2.05, 4.69) is 46.9 Å². The molecule has 0 aliphatic carbocycles. The molecule has 1 aromatic heterocycles. The van der Waals surface area contributed by atoms with E-state index in [-0.39, 0.29) is 5.92 Å². The number of thioether (sulfide) groups is 1. The predicted molar refractivity (Wildman–Crippen MR) is 79.2 cm³/mol. The van der Waals surface area contributed by atoms with Gasteiger partial charge in [-0.1, -0.05) is 20.8 Å². The van der Waals surface area contributed by atoms with E-state index in [1.54, 1.807) is 0 Å². The molecule has 1 aromatic rings. The highest BCUT2D eigenvalue weighted by molar-refractivity contribution is 7.98. The molecule has 1 rings (SSSR count). The Hall–Kier alpha value is -1.04. The number of hydrogen-bond donors (Lipinski definition) is 1. The van der Waals surface area contributed by atoms with Gasteiger partial charge in [-0.2, -0.15) is 26.7 Å². The van der Waals surface area contributed by atoms with E-state index < -0.39 is 0 Å². The third-order valence-electron chi connectivity index (χ3n) is 2.87. The highest BCUT2D eigenvalue weighted by Gasteiger charge is 2.17. The molecule has 0 aromatic carbocycles. The van der Waals surface area contributed by atoms with Crippen molar-refractivity contribution < 1.29 is 0 Å². The van der Waals surface area contributed by atoms with Gasteiger partial charge in [0.2, 0.25) is 11.9 Å². The molecule has 1 atom stereocenters. The van der Waals surface area contributed by atoms with Crippen LogP contribution in [0, 0.1) is 0 Å². The lowest BCUT2D eigenvalue weighted by atomic mass is 10.2. The van der Waals surface area contributed by atoms with Crippen molar-refractivity contribution in [3.63, 3.8) is 0 Å². The van der Waals surface area contributed by atoms with Crippen LogP contribution in [0.1, 0.15) is 38.9 Å². The van der Waals surface area contributed by atoms with Crippen LogP contribution >= 0.6 is 11.8 Å². The van der Waals surface area contributed by atoms with Gasteiger partial charge in [0, 0.05) is 24.8 Å². The number of rotatable bonds is 6. The predicted octanol–water partition coefficient (Wildman–Crippen LogP) is 2.16. The molecule has 5 nitrogen and oxygen atoms in total. The van der Waals surface area contributed by atoms with Gasteiger partial charge in [-0.05, 0) is 12.7 Å². The molecule has 0 radical (unpaired) electrons. The summed E-state index contributed by atoms with van der Waals surface area (Å²) in [7, 11) is 2.02. The third-order valence-corrected chi connectivity index (χ3v) is 3.59. The van der Waals surface area contributed by atoms with Crippen LogP contribution < -0.4 is 10.6 Å². The maximum absolute atomic E-state index is 5.76. The lowest BCUT2D eigenvalue weighted by Crippen LogP contribution is -2.35. The van der Waals surface area contributed by atoms with Crippen molar-refractivity contribution in [2.45, 2.75) is 39.2 Å². The lowest BCUT2D eigenvalue weighted by molar-refractivity contribution is 0.647. The molecule has 2 N–H and O–H groups in total. The smallest absolute Gasteiger partial charge is 0.230 e. The van der Waals surface area contributed by atoms with Crippen molar-refractivity contribution in [3.8, 4) is 0 Å². The highest BCUT2D eigenvalue weighted by Crippen LogP contribution is 2.18. The lowest BCUT2D eigenvalue weighted by Gasteiger charge is -2.27. The highest BCUT2D eigenvalue weighted by atomic mass is 32.2. The Morgan fingerprint density at radius 1 is 1.28 bits per heavy atom. The maximum atomic E-state index is 5.76. The summed E-state index contributed by atoms with van der Waals surface area (Å²) in [5.41, 5.74) is 5.76. The van der Waals surface area contributed by atoms with Gasteiger partial charge in [0.15, 0.2) is 0 Å². The van der Waals surface area contributed by atoms with Crippen molar-refractivity contribution in [2.75, 3.05) is 29.7 Å². The number of anilines is 2. The molecule has 0 amide bonds. The van der Waals surface area contributed by atoms with Crippen LogP contribution in [0.5, 0.6) is 0 Å². The van der Waals surface area contributed by atoms with Crippen molar-refractivity contribution >= 4 is 23.7 Å². The fourth-order valence-corrected chi connectivity index (χ4v) is 2.52. The second-order valence-electron chi connectivity index (χ2n) is 4.63. The topological polar surface area (TPSA) is 67.9 Å². The molecule has 0 saturated carbocycles. The van der Waals surface area contributed by atoms with Crippen molar-refractivity contribution in [1.29, 1.82) is 0 Å². The Morgan fingerprint density at radius 3 is 2.44 bits per heavy atom. The first-order valence-corrected chi connectivity index (χ1v) is 7.62. The van der Waals surface area contributed by atoms with Gasteiger partial charge in [-0.15, -0.1) is 0 Å². The minimum atomic E-state index is 0.253. The van der Waals surface area contributed by atoms with Gasteiger partial charge in [0.1, 0.15) is 5.82 Å². The Kier molecular flexibility index (Phi) is 5.65. The molecule has 0 fully saturated rings. The quantitative estimate of drug-likeness (QED) is 0.853. The minimum Gasteiger partial charge on any atom is -0.368 e. The van der Waals surface area contributed by atoms with Gasteiger partial charge in [0.05, 0.1) is 0 Å². The molecule has 6 heteroatoms. The number of nitrogens with zero attached hydrogens (tertiary/aromatic N) is 4. The molecule has 1 heterocycles. The van der Waals surface area contributed by atoms with E-state index in [1.807, 2.05) is 18.8 Å². The van der Waals surface area contributed by atoms with Crippen LogP contribution in [-0.4, -0.2) is 40.1 Å².